The summed E-state index contributed by atoms with van der Waals surface area (Å²) in [6.45, 7) is 4.23. The first-order valence-electron chi connectivity index (χ1n) is 6.46. The molecule has 1 heterocycles. The summed E-state index contributed by atoms with van der Waals surface area (Å²) in [5.41, 5.74) is 4.75. The quantitative estimate of drug-likeness (QED) is 0.383. The first-order valence-corrected chi connectivity index (χ1v) is 7.44. The predicted molar refractivity (Wildman–Crippen MR) is 76.9 cm³/mol. The zero-order chi connectivity index (χ0) is 13.8. The highest BCUT2D eigenvalue weighted by atomic mass is 32.2. The molecule has 4 nitrogen and oxygen atoms in total. The number of amides is 1. The second kappa shape index (κ2) is 6.41. The highest BCUT2D eigenvalue weighted by molar-refractivity contribution is 7.99. The largest absolute Gasteiger partial charge is 0.364 e. The van der Waals surface area contributed by atoms with Gasteiger partial charge in [0.25, 0.3) is 5.91 Å². The third kappa shape index (κ3) is 3.72. The number of benzene rings is 1. The summed E-state index contributed by atoms with van der Waals surface area (Å²) in [6, 6.07) is 6.46. The number of aryl methyl sites for hydroxylation is 2. The summed E-state index contributed by atoms with van der Waals surface area (Å²) in [7, 11) is 0. The average molecular weight is 280 g/mol. The number of nitrogens with one attached hydrogen (secondary N) is 1. The number of hydrogen-bond acceptors (Lipinski definition) is 4. The molecule has 3 N–H and O–H groups in total. The van der Waals surface area contributed by atoms with Gasteiger partial charge in [0.05, 0.1) is 6.10 Å². The van der Waals surface area contributed by atoms with Crippen molar-refractivity contribution in [2.75, 3.05) is 5.75 Å². The van der Waals surface area contributed by atoms with E-state index in [1.807, 2.05) is 0 Å². The van der Waals surface area contributed by atoms with Crippen LogP contribution >= 0.6 is 11.8 Å². The highest BCUT2D eigenvalue weighted by Gasteiger charge is 2.30. The van der Waals surface area contributed by atoms with Crippen LogP contribution in [0.1, 0.15) is 24.0 Å². The minimum atomic E-state index is -0.379. The fourth-order valence-corrected chi connectivity index (χ4v) is 3.15. The fourth-order valence-electron chi connectivity index (χ4n) is 2.11. The van der Waals surface area contributed by atoms with Gasteiger partial charge in [-0.15, -0.1) is 11.8 Å². The number of carbonyl (C=O) groups is 1. The molecule has 1 amide bonds. The fraction of sp³-hybridized carbons (Fsp3) is 0.500. The zero-order valence-corrected chi connectivity index (χ0v) is 12.1. The van der Waals surface area contributed by atoms with Crippen LogP contribution in [0.4, 0.5) is 0 Å². The maximum Gasteiger partial charge on any atom is 0.263 e. The third-order valence-electron chi connectivity index (χ3n) is 3.46. The summed E-state index contributed by atoms with van der Waals surface area (Å²) >= 11 is 1.77. The van der Waals surface area contributed by atoms with E-state index in [0.717, 1.165) is 18.6 Å². The number of nitrogens with two attached hydrogens (primary N) is 1. The third-order valence-corrected chi connectivity index (χ3v) is 4.58. The van der Waals surface area contributed by atoms with Crippen molar-refractivity contribution >= 4 is 17.7 Å². The Kier molecular flexibility index (Phi) is 4.85. The van der Waals surface area contributed by atoms with Crippen LogP contribution in [0.5, 0.6) is 0 Å². The van der Waals surface area contributed by atoms with Crippen LogP contribution in [0.2, 0.25) is 0 Å². The highest BCUT2D eigenvalue weighted by Crippen LogP contribution is 2.27. The van der Waals surface area contributed by atoms with Crippen molar-refractivity contribution in [2.45, 2.75) is 43.8 Å². The van der Waals surface area contributed by atoms with Crippen LogP contribution in [-0.4, -0.2) is 23.9 Å². The van der Waals surface area contributed by atoms with Crippen molar-refractivity contribution in [3.63, 3.8) is 0 Å². The van der Waals surface area contributed by atoms with E-state index >= 15 is 0 Å². The van der Waals surface area contributed by atoms with Crippen LogP contribution < -0.4 is 11.3 Å². The number of carbonyl (C=O) groups excluding carboxylic acids is 1. The van der Waals surface area contributed by atoms with Crippen molar-refractivity contribution in [2.24, 2.45) is 5.84 Å². The van der Waals surface area contributed by atoms with Crippen molar-refractivity contribution in [1.82, 2.24) is 5.43 Å². The van der Waals surface area contributed by atoms with Crippen LogP contribution in [0.3, 0.4) is 0 Å². The second-order valence-electron chi connectivity index (χ2n) is 4.89. The van der Waals surface area contributed by atoms with Crippen molar-refractivity contribution in [3.8, 4) is 0 Å². The lowest BCUT2D eigenvalue weighted by Crippen LogP contribution is -2.39. The molecule has 5 heteroatoms. The van der Waals surface area contributed by atoms with E-state index in [9.17, 15) is 4.79 Å². The van der Waals surface area contributed by atoms with Gasteiger partial charge in [0.2, 0.25) is 0 Å². The normalized spacial score (nSPS) is 22.5. The number of hydrazine groups is 1. The van der Waals surface area contributed by atoms with E-state index in [1.54, 1.807) is 11.8 Å². The van der Waals surface area contributed by atoms with Crippen molar-refractivity contribution < 1.29 is 9.53 Å². The summed E-state index contributed by atoms with van der Waals surface area (Å²) < 4.78 is 5.68. The van der Waals surface area contributed by atoms with Crippen molar-refractivity contribution in [3.05, 3.63) is 29.3 Å². The Balaban J connectivity index is 1.83. The lowest BCUT2D eigenvalue weighted by atomic mass is 10.1. The van der Waals surface area contributed by atoms with Crippen LogP contribution in [0.25, 0.3) is 0 Å². The molecule has 104 valence electrons. The number of thioether (sulfide) groups is 1. The lowest BCUT2D eigenvalue weighted by Gasteiger charge is -2.12. The topological polar surface area (TPSA) is 64.4 Å². The number of hydrogen-bond donors (Lipinski definition) is 2. The van der Waals surface area contributed by atoms with Gasteiger partial charge in [-0.3, -0.25) is 10.2 Å². The van der Waals surface area contributed by atoms with Gasteiger partial charge in [-0.1, -0.05) is 6.07 Å². The first-order chi connectivity index (χ1) is 9.10. The minimum absolute atomic E-state index is 0.133. The van der Waals surface area contributed by atoms with E-state index in [2.05, 4.69) is 37.5 Å². The Morgan fingerprint density at radius 2 is 2.21 bits per heavy atom. The van der Waals surface area contributed by atoms with E-state index in [0.29, 0.717) is 0 Å². The van der Waals surface area contributed by atoms with Crippen LogP contribution in [-0.2, 0) is 9.53 Å². The molecule has 1 saturated heterocycles. The molecule has 0 aliphatic carbocycles. The number of ether oxygens (including phenoxy) is 1. The SMILES string of the molecule is Cc1ccc(SCC2CCC(C(=O)NN)O2)cc1C. The minimum Gasteiger partial charge on any atom is -0.364 e. The summed E-state index contributed by atoms with van der Waals surface area (Å²) in [6.07, 6.45) is 1.42. The monoisotopic (exact) mass is 280 g/mol. The predicted octanol–water partition coefficient (Wildman–Crippen LogP) is 1.93. The van der Waals surface area contributed by atoms with E-state index in [1.165, 1.54) is 16.0 Å². The zero-order valence-electron chi connectivity index (χ0n) is 11.3. The second-order valence-corrected chi connectivity index (χ2v) is 5.98. The molecule has 0 spiro atoms. The Hall–Kier alpha value is -1.04. The van der Waals surface area contributed by atoms with Gasteiger partial charge in [-0.25, -0.2) is 5.84 Å². The van der Waals surface area contributed by atoms with E-state index in [-0.39, 0.29) is 18.1 Å². The van der Waals surface area contributed by atoms with E-state index < -0.39 is 0 Å². The van der Waals surface area contributed by atoms with Gasteiger partial charge in [-0.05, 0) is 49.9 Å². The van der Waals surface area contributed by atoms with Gasteiger partial charge in [0.15, 0.2) is 0 Å². The summed E-state index contributed by atoms with van der Waals surface area (Å²) in [5, 5.41) is 0. The Morgan fingerprint density at radius 1 is 1.42 bits per heavy atom. The molecule has 0 saturated carbocycles. The maximum absolute atomic E-state index is 11.3. The van der Waals surface area contributed by atoms with Gasteiger partial charge in [0, 0.05) is 10.6 Å². The molecule has 1 aliphatic rings. The molecule has 0 bridgehead atoms. The first kappa shape index (κ1) is 14.4. The molecule has 1 fully saturated rings. The average Bonchev–Trinajstić information content (AvgIpc) is 2.88. The summed E-state index contributed by atoms with van der Waals surface area (Å²) in [4.78, 5) is 12.6. The van der Waals surface area contributed by atoms with Crippen molar-refractivity contribution in [1.29, 1.82) is 0 Å². The van der Waals surface area contributed by atoms with Crippen LogP contribution in [0, 0.1) is 13.8 Å². The smallest absolute Gasteiger partial charge is 0.263 e. The standard InChI is InChI=1S/C14H20N2O2S/c1-9-3-5-12(7-10(9)2)19-8-11-4-6-13(18-11)14(17)16-15/h3,5,7,11,13H,4,6,8,15H2,1-2H3,(H,16,17). The van der Waals surface area contributed by atoms with Gasteiger partial charge in [-0.2, -0.15) is 0 Å². The molecular weight excluding hydrogens is 260 g/mol. The molecule has 1 aromatic rings. The number of rotatable bonds is 4. The molecule has 0 aromatic heterocycles. The van der Waals surface area contributed by atoms with Gasteiger partial charge in [0.1, 0.15) is 6.10 Å². The molecule has 2 rings (SSSR count). The Bertz CT molecular complexity index is 465. The Labute approximate surface area is 118 Å². The molecular formula is C14H20N2O2S. The lowest BCUT2D eigenvalue weighted by molar-refractivity contribution is -0.131. The van der Waals surface area contributed by atoms with Crippen LogP contribution in [0.15, 0.2) is 23.1 Å². The molecule has 0 radical (unpaired) electrons. The summed E-state index contributed by atoms with van der Waals surface area (Å²) in [5.74, 6) is 5.76. The van der Waals surface area contributed by atoms with Gasteiger partial charge >= 0.3 is 0 Å². The van der Waals surface area contributed by atoms with Gasteiger partial charge < -0.3 is 4.74 Å². The molecule has 1 aromatic carbocycles. The molecule has 2 unspecified atom stereocenters. The molecule has 2 atom stereocenters. The molecule has 1 aliphatic heterocycles. The maximum atomic E-state index is 11.3. The Morgan fingerprint density at radius 3 is 2.89 bits per heavy atom. The molecule has 19 heavy (non-hydrogen) atoms. The van der Waals surface area contributed by atoms with E-state index in [4.69, 9.17) is 10.6 Å².